The van der Waals surface area contributed by atoms with Gasteiger partial charge in [0.1, 0.15) is 0 Å². The molecule has 1 unspecified atom stereocenters. The van der Waals surface area contributed by atoms with Crippen molar-refractivity contribution in [2.75, 3.05) is 0 Å². The lowest BCUT2D eigenvalue weighted by Crippen LogP contribution is -1.94. The molecule has 0 bridgehead atoms. The molecule has 17 heavy (non-hydrogen) atoms. The topological polar surface area (TPSA) is 0 Å². The van der Waals surface area contributed by atoms with Crippen molar-refractivity contribution >= 4 is 54.8 Å². The van der Waals surface area contributed by atoms with Crippen LogP contribution in [-0.2, 0) is 0 Å². The molecular formula is C13H11Br2ClS. The molecule has 4 heteroatoms. The Balaban J connectivity index is 2.42. The van der Waals surface area contributed by atoms with Crippen molar-refractivity contribution in [1.82, 2.24) is 0 Å². The first-order chi connectivity index (χ1) is 7.99. The van der Waals surface area contributed by atoms with Crippen LogP contribution in [0.15, 0.2) is 32.5 Å². The molecule has 1 aromatic carbocycles. The Morgan fingerprint density at radius 3 is 2.41 bits per heavy atom. The number of aryl methyl sites for hydroxylation is 2. The van der Waals surface area contributed by atoms with E-state index in [1.165, 1.54) is 16.0 Å². The lowest BCUT2D eigenvalue weighted by Gasteiger charge is -2.11. The van der Waals surface area contributed by atoms with Crippen molar-refractivity contribution in [3.8, 4) is 0 Å². The van der Waals surface area contributed by atoms with E-state index in [2.05, 4.69) is 63.9 Å². The van der Waals surface area contributed by atoms with E-state index < -0.39 is 0 Å². The minimum absolute atomic E-state index is 0.0810. The molecule has 0 N–H and O–H groups in total. The van der Waals surface area contributed by atoms with Crippen molar-refractivity contribution in [3.63, 3.8) is 0 Å². The molecule has 0 saturated heterocycles. The van der Waals surface area contributed by atoms with Crippen LogP contribution in [0.1, 0.15) is 26.9 Å². The Bertz CT molecular complexity index is 529. The van der Waals surface area contributed by atoms with E-state index in [-0.39, 0.29) is 5.38 Å². The maximum atomic E-state index is 6.56. The molecule has 1 atom stereocenters. The van der Waals surface area contributed by atoms with Crippen molar-refractivity contribution in [1.29, 1.82) is 0 Å². The quantitative estimate of drug-likeness (QED) is 0.531. The van der Waals surface area contributed by atoms with Crippen molar-refractivity contribution in [2.24, 2.45) is 0 Å². The molecule has 0 nitrogen and oxygen atoms in total. The molecule has 90 valence electrons. The van der Waals surface area contributed by atoms with Gasteiger partial charge in [0, 0.05) is 9.35 Å². The number of hydrogen-bond donors (Lipinski definition) is 0. The van der Waals surface area contributed by atoms with Crippen LogP contribution in [-0.4, -0.2) is 0 Å². The van der Waals surface area contributed by atoms with Crippen LogP contribution in [0.25, 0.3) is 0 Å². The summed E-state index contributed by atoms with van der Waals surface area (Å²) in [4.78, 5) is 1.18. The SMILES string of the molecule is Cc1ccc(Br)cc1C(Cl)c1cc(C)c(Br)s1. The van der Waals surface area contributed by atoms with Crippen LogP contribution in [0.5, 0.6) is 0 Å². The first kappa shape index (κ1) is 13.6. The fraction of sp³-hybridized carbons (Fsp3) is 0.231. The highest BCUT2D eigenvalue weighted by Crippen LogP contribution is 2.39. The average molecular weight is 395 g/mol. The Hall–Kier alpha value is 0.170. The number of halogens is 3. The summed E-state index contributed by atoms with van der Waals surface area (Å²) in [6, 6.07) is 8.37. The summed E-state index contributed by atoms with van der Waals surface area (Å²) >= 11 is 15.3. The van der Waals surface area contributed by atoms with Crippen LogP contribution in [0.3, 0.4) is 0 Å². The van der Waals surface area contributed by atoms with Crippen LogP contribution in [0.2, 0.25) is 0 Å². The lowest BCUT2D eigenvalue weighted by molar-refractivity contribution is 1.14. The monoisotopic (exact) mass is 392 g/mol. The van der Waals surface area contributed by atoms with Crippen LogP contribution in [0.4, 0.5) is 0 Å². The van der Waals surface area contributed by atoms with E-state index in [0.717, 1.165) is 13.8 Å². The molecule has 0 spiro atoms. The van der Waals surface area contributed by atoms with Gasteiger partial charge in [-0.2, -0.15) is 0 Å². The number of alkyl halides is 1. The average Bonchev–Trinajstić information content (AvgIpc) is 2.62. The van der Waals surface area contributed by atoms with Crippen LogP contribution >= 0.6 is 54.8 Å². The molecule has 0 amide bonds. The molecule has 0 fully saturated rings. The van der Waals surface area contributed by atoms with E-state index in [4.69, 9.17) is 11.6 Å². The molecule has 1 aromatic heterocycles. The zero-order valence-corrected chi connectivity index (χ0v) is 14.2. The van der Waals surface area contributed by atoms with Crippen molar-refractivity contribution < 1.29 is 0 Å². The first-order valence-corrected chi connectivity index (χ1v) is 7.99. The highest BCUT2D eigenvalue weighted by molar-refractivity contribution is 9.11. The van der Waals surface area contributed by atoms with Gasteiger partial charge in [0.2, 0.25) is 0 Å². The Morgan fingerprint density at radius 2 is 1.82 bits per heavy atom. The summed E-state index contributed by atoms with van der Waals surface area (Å²) < 4.78 is 2.22. The minimum atomic E-state index is -0.0810. The normalized spacial score (nSPS) is 12.8. The Morgan fingerprint density at radius 1 is 1.12 bits per heavy atom. The van der Waals surface area contributed by atoms with Gasteiger partial charge in [-0.1, -0.05) is 22.0 Å². The molecule has 0 aliphatic heterocycles. The fourth-order valence-corrected chi connectivity index (χ4v) is 4.02. The minimum Gasteiger partial charge on any atom is -0.131 e. The predicted octanol–water partition coefficient (Wildman–Crippen LogP) is 6.22. The Labute approximate surface area is 127 Å². The van der Waals surface area contributed by atoms with Crippen molar-refractivity contribution in [2.45, 2.75) is 19.2 Å². The third-order valence-electron chi connectivity index (χ3n) is 2.64. The van der Waals surface area contributed by atoms with E-state index >= 15 is 0 Å². The molecule has 2 rings (SSSR count). The first-order valence-electron chi connectivity index (χ1n) is 5.15. The number of rotatable bonds is 2. The second kappa shape index (κ2) is 5.43. The molecule has 0 radical (unpaired) electrons. The summed E-state index contributed by atoms with van der Waals surface area (Å²) in [5, 5.41) is -0.0810. The number of hydrogen-bond acceptors (Lipinski definition) is 1. The standard InChI is InChI=1S/C13H11Br2ClS/c1-7-3-4-9(14)6-10(7)12(16)11-5-8(2)13(15)17-11/h3-6,12H,1-2H3. The highest BCUT2D eigenvalue weighted by Gasteiger charge is 2.16. The molecule has 0 aliphatic rings. The fourth-order valence-electron chi connectivity index (χ4n) is 1.65. The van der Waals surface area contributed by atoms with Gasteiger partial charge in [-0.15, -0.1) is 22.9 Å². The van der Waals surface area contributed by atoms with Gasteiger partial charge in [-0.05, 0) is 64.7 Å². The van der Waals surface area contributed by atoms with Gasteiger partial charge in [-0.3, -0.25) is 0 Å². The van der Waals surface area contributed by atoms with Gasteiger partial charge >= 0.3 is 0 Å². The maximum absolute atomic E-state index is 6.56. The van der Waals surface area contributed by atoms with Gasteiger partial charge in [0.25, 0.3) is 0 Å². The largest absolute Gasteiger partial charge is 0.131 e. The third-order valence-corrected chi connectivity index (χ3v) is 5.93. The van der Waals surface area contributed by atoms with E-state index in [9.17, 15) is 0 Å². The summed E-state index contributed by atoms with van der Waals surface area (Å²) in [5.41, 5.74) is 3.62. The maximum Gasteiger partial charge on any atom is 0.0931 e. The Kier molecular flexibility index (Phi) is 4.35. The zero-order valence-electron chi connectivity index (χ0n) is 9.43. The van der Waals surface area contributed by atoms with Gasteiger partial charge in [0.05, 0.1) is 9.16 Å². The van der Waals surface area contributed by atoms with Crippen LogP contribution in [0, 0.1) is 13.8 Å². The number of thiophene rings is 1. The second-order valence-corrected chi connectivity index (χ2v) is 7.72. The summed E-state index contributed by atoms with van der Waals surface area (Å²) in [5.74, 6) is 0. The molecule has 1 heterocycles. The number of benzene rings is 1. The van der Waals surface area contributed by atoms with E-state index in [1.807, 2.05) is 6.07 Å². The molecule has 0 aliphatic carbocycles. The zero-order chi connectivity index (χ0) is 12.6. The lowest BCUT2D eigenvalue weighted by atomic mass is 10.0. The van der Waals surface area contributed by atoms with Gasteiger partial charge in [-0.25, -0.2) is 0 Å². The van der Waals surface area contributed by atoms with E-state index in [1.54, 1.807) is 11.3 Å². The summed E-state index contributed by atoms with van der Waals surface area (Å²) in [7, 11) is 0. The molecular weight excluding hydrogens is 383 g/mol. The van der Waals surface area contributed by atoms with Crippen LogP contribution < -0.4 is 0 Å². The predicted molar refractivity (Wildman–Crippen MR) is 83.3 cm³/mol. The summed E-state index contributed by atoms with van der Waals surface area (Å²) in [6.45, 7) is 4.17. The van der Waals surface area contributed by atoms with Crippen molar-refractivity contribution in [3.05, 3.63) is 54.1 Å². The smallest absolute Gasteiger partial charge is 0.0931 e. The highest BCUT2D eigenvalue weighted by atomic mass is 79.9. The van der Waals surface area contributed by atoms with E-state index in [0.29, 0.717) is 0 Å². The van der Waals surface area contributed by atoms with Gasteiger partial charge in [0.15, 0.2) is 0 Å². The molecule has 2 aromatic rings. The third kappa shape index (κ3) is 2.95. The summed E-state index contributed by atoms with van der Waals surface area (Å²) in [6.07, 6.45) is 0. The van der Waals surface area contributed by atoms with Gasteiger partial charge < -0.3 is 0 Å². The molecule has 0 saturated carbocycles. The second-order valence-electron chi connectivity index (χ2n) is 3.97.